The van der Waals surface area contributed by atoms with E-state index in [9.17, 15) is 9.90 Å². The molecule has 0 radical (unpaired) electrons. The van der Waals surface area contributed by atoms with Crippen LogP contribution in [0.2, 0.25) is 0 Å². The second-order valence-corrected chi connectivity index (χ2v) is 11.7. The lowest BCUT2D eigenvalue weighted by Crippen LogP contribution is -2.33. The number of anilines is 2. The quantitative estimate of drug-likeness (QED) is 0.159. The Hall–Kier alpha value is -4.14. The monoisotopic (exact) mass is 553 g/mol. The van der Waals surface area contributed by atoms with Crippen LogP contribution >= 0.6 is 0 Å². The number of hydrazine groups is 1. The van der Waals surface area contributed by atoms with Gasteiger partial charge in [0.2, 0.25) is 0 Å². The van der Waals surface area contributed by atoms with E-state index in [-0.39, 0.29) is 0 Å². The predicted octanol–water partition coefficient (Wildman–Crippen LogP) is 5.38. The lowest BCUT2D eigenvalue weighted by Gasteiger charge is -2.34. The first-order valence-electron chi connectivity index (χ1n) is 13.9. The molecule has 1 aliphatic rings. The minimum atomic E-state index is -1.09. The van der Waals surface area contributed by atoms with Crippen LogP contribution in [0.4, 0.5) is 11.4 Å². The van der Waals surface area contributed by atoms with E-state index in [0.717, 1.165) is 63.1 Å². The number of benzene rings is 3. The van der Waals surface area contributed by atoms with Crippen molar-refractivity contribution in [1.29, 1.82) is 0 Å². The van der Waals surface area contributed by atoms with E-state index >= 15 is 0 Å². The van der Waals surface area contributed by atoms with E-state index in [2.05, 4.69) is 41.1 Å². The van der Waals surface area contributed by atoms with Crippen molar-refractivity contribution >= 4 is 28.2 Å². The number of pyridine rings is 1. The van der Waals surface area contributed by atoms with Crippen molar-refractivity contribution < 1.29 is 14.6 Å². The Morgan fingerprint density at radius 2 is 1.95 bits per heavy atom. The number of aromatic nitrogens is 1. The number of nitrogens with zero attached hydrogens (tertiary/aromatic N) is 3. The summed E-state index contributed by atoms with van der Waals surface area (Å²) in [7, 11) is 1.74. The van der Waals surface area contributed by atoms with Gasteiger partial charge in [0, 0.05) is 49.7 Å². The van der Waals surface area contributed by atoms with Crippen molar-refractivity contribution in [2.45, 2.75) is 46.7 Å². The highest BCUT2D eigenvalue weighted by Gasteiger charge is 2.40. The van der Waals surface area contributed by atoms with Crippen LogP contribution in [-0.4, -0.2) is 41.2 Å². The molecule has 4 aromatic rings. The molecule has 1 aromatic heterocycles. The molecule has 2 heterocycles. The van der Waals surface area contributed by atoms with Gasteiger partial charge >= 0.3 is 5.97 Å². The fraction of sp³-hybridized carbons (Fsp3) is 0.333. The van der Waals surface area contributed by atoms with Gasteiger partial charge in [-0.15, -0.1) is 0 Å². The number of rotatable bonds is 7. The van der Waals surface area contributed by atoms with E-state index in [0.29, 0.717) is 24.5 Å². The highest BCUT2D eigenvalue weighted by molar-refractivity contribution is 5.86. The normalized spacial score (nSPS) is 14.7. The predicted molar refractivity (Wildman–Crippen MR) is 164 cm³/mol. The molecule has 1 aliphatic heterocycles. The number of ether oxygens (including phenoxy) is 1. The third kappa shape index (κ3) is 5.33. The number of aryl methyl sites for hydroxylation is 1. The Labute approximate surface area is 241 Å². The zero-order valence-electron chi connectivity index (χ0n) is 24.4. The fourth-order valence-electron chi connectivity index (χ4n) is 5.94. The lowest BCUT2D eigenvalue weighted by atomic mass is 9.69. The summed E-state index contributed by atoms with van der Waals surface area (Å²) in [6.07, 6.45) is 1.80. The summed E-state index contributed by atoms with van der Waals surface area (Å²) in [6.45, 7) is 10.4. The molecule has 0 amide bonds. The molecule has 0 fully saturated rings. The summed E-state index contributed by atoms with van der Waals surface area (Å²) in [5.41, 5.74) is 13.7. The van der Waals surface area contributed by atoms with Crippen LogP contribution in [0, 0.1) is 19.3 Å². The van der Waals surface area contributed by atoms with Gasteiger partial charge in [0.1, 0.15) is 12.4 Å². The SMILES string of the molecule is Cc1ccc(C(c2ccc(N(C)N)c(N)c2C)C(C)(C)C(=O)O)cc1CN1CCOc2c(ccc3ncccc23)C1. The number of hydrogen-bond donors (Lipinski definition) is 3. The lowest BCUT2D eigenvalue weighted by molar-refractivity contribution is -0.147. The standard InChI is InChI=1S/C33H39N5O3/c1-20-8-9-22(29(33(3,4)32(39)40)25-11-13-28(37(5)35)30(34)21(25)2)17-24(20)19-38-15-16-41-31-23(18-38)10-12-27-26(31)7-6-14-36-27/h6-14,17,29H,15-16,18-19,34-35H2,1-5H3,(H,39,40). The maximum Gasteiger partial charge on any atom is 0.310 e. The van der Waals surface area contributed by atoms with Crippen LogP contribution < -0.4 is 21.3 Å². The van der Waals surface area contributed by atoms with Gasteiger partial charge < -0.3 is 20.6 Å². The summed E-state index contributed by atoms with van der Waals surface area (Å²) in [6, 6.07) is 18.3. The molecule has 3 aromatic carbocycles. The number of carboxylic acids is 1. The summed E-state index contributed by atoms with van der Waals surface area (Å²) < 4.78 is 6.23. The number of fused-ring (bicyclic) bond motifs is 3. The smallest absolute Gasteiger partial charge is 0.310 e. The van der Waals surface area contributed by atoms with Crippen LogP contribution in [0.25, 0.3) is 10.9 Å². The average molecular weight is 554 g/mol. The maximum absolute atomic E-state index is 12.6. The fourth-order valence-corrected chi connectivity index (χ4v) is 5.94. The van der Waals surface area contributed by atoms with Crippen LogP contribution in [-0.2, 0) is 17.9 Å². The van der Waals surface area contributed by atoms with Crippen molar-refractivity contribution in [2.75, 3.05) is 30.9 Å². The molecular weight excluding hydrogens is 514 g/mol. The number of nitrogen functional groups attached to an aromatic ring is 1. The Balaban J connectivity index is 1.52. The number of aliphatic carboxylic acids is 1. The Kier molecular flexibility index (Phi) is 7.64. The summed E-state index contributed by atoms with van der Waals surface area (Å²) in [5, 5.41) is 12.9. The molecule has 214 valence electrons. The third-order valence-electron chi connectivity index (χ3n) is 8.46. The minimum Gasteiger partial charge on any atom is -0.491 e. The molecular formula is C33H39N5O3. The van der Waals surface area contributed by atoms with Gasteiger partial charge in [-0.1, -0.05) is 30.3 Å². The van der Waals surface area contributed by atoms with Gasteiger partial charge in [0.05, 0.1) is 22.3 Å². The van der Waals surface area contributed by atoms with Gasteiger partial charge in [-0.05, 0) is 79.8 Å². The molecule has 8 nitrogen and oxygen atoms in total. The topological polar surface area (TPSA) is 118 Å². The molecule has 41 heavy (non-hydrogen) atoms. The second-order valence-electron chi connectivity index (χ2n) is 11.7. The van der Waals surface area contributed by atoms with Crippen molar-refractivity contribution in [3.63, 3.8) is 0 Å². The zero-order chi connectivity index (χ0) is 29.5. The van der Waals surface area contributed by atoms with Crippen LogP contribution in [0.3, 0.4) is 0 Å². The Morgan fingerprint density at radius 1 is 1.17 bits per heavy atom. The molecule has 8 heteroatoms. The molecule has 0 bridgehead atoms. The molecule has 1 atom stereocenters. The minimum absolute atomic E-state index is 0.425. The first-order chi connectivity index (χ1) is 19.5. The van der Waals surface area contributed by atoms with Crippen molar-refractivity contribution in [2.24, 2.45) is 11.3 Å². The Morgan fingerprint density at radius 3 is 2.68 bits per heavy atom. The molecule has 1 unspecified atom stereocenters. The molecule has 0 spiro atoms. The number of hydrogen-bond acceptors (Lipinski definition) is 7. The van der Waals surface area contributed by atoms with E-state index < -0.39 is 17.3 Å². The van der Waals surface area contributed by atoms with E-state index in [1.54, 1.807) is 27.1 Å². The molecule has 5 N–H and O–H groups in total. The van der Waals surface area contributed by atoms with E-state index in [4.69, 9.17) is 16.3 Å². The highest BCUT2D eigenvalue weighted by Crippen LogP contribution is 2.45. The van der Waals surface area contributed by atoms with Crippen molar-refractivity contribution in [1.82, 2.24) is 9.88 Å². The van der Waals surface area contributed by atoms with Gasteiger partial charge in [0.25, 0.3) is 0 Å². The van der Waals surface area contributed by atoms with Gasteiger partial charge in [-0.25, -0.2) is 5.84 Å². The summed E-state index contributed by atoms with van der Waals surface area (Å²) >= 11 is 0. The first-order valence-corrected chi connectivity index (χ1v) is 13.9. The Bertz CT molecular complexity index is 1610. The van der Waals surface area contributed by atoms with E-state index in [1.807, 2.05) is 37.3 Å². The molecule has 0 saturated heterocycles. The third-order valence-corrected chi connectivity index (χ3v) is 8.46. The van der Waals surface area contributed by atoms with Gasteiger partial charge in [0.15, 0.2) is 0 Å². The molecule has 0 saturated carbocycles. The van der Waals surface area contributed by atoms with Crippen molar-refractivity contribution in [3.05, 3.63) is 94.2 Å². The summed E-state index contributed by atoms with van der Waals surface area (Å²) in [5.74, 6) is 5.60. The number of nitrogens with two attached hydrogens (primary N) is 2. The number of carboxylic acid groups (broad SMARTS) is 1. The van der Waals surface area contributed by atoms with Crippen LogP contribution in [0.5, 0.6) is 5.75 Å². The number of carbonyl (C=O) groups is 1. The largest absolute Gasteiger partial charge is 0.491 e. The maximum atomic E-state index is 12.6. The van der Waals surface area contributed by atoms with Crippen LogP contribution in [0.1, 0.15) is 53.1 Å². The van der Waals surface area contributed by atoms with Crippen LogP contribution in [0.15, 0.2) is 60.8 Å². The molecule has 5 rings (SSSR count). The molecule has 0 aliphatic carbocycles. The van der Waals surface area contributed by atoms with E-state index in [1.165, 1.54) is 5.01 Å². The average Bonchev–Trinajstić information content (AvgIpc) is 3.14. The second kappa shape index (κ2) is 11.0. The van der Waals surface area contributed by atoms with Gasteiger partial charge in [-0.3, -0.25) is 14.7 Å². The van der Waals surface area contributed by atoms with Gasteiger partial charge in [-0.2, -0.15) is 0 Å². The first kappa shape index (κ1) is 28.4. The van der Waals surface area contributed by atoms with Crippen molar-refractivity contribution in [3.8, 4) is 5.75 Å². The summed E-state index contributed by atoms with van der Waals surface area (Å²) in [4.78, 5) is 19.5. The highest BCUT2D eigenvalue weighted by atomic mass is 16.5. The zero-order valence-corrected chi connectivity index (χ0v) is 24.4.